The second kappa shape index (κ2) is 8.46. The number of nitrogens with zero attached hydrogens (tertiary/aromatic N) is 4. The molecule has 0 radical (unpaired) electrons. The molecule has 21 heavy (non-hydrogen) atoms. The summed E-state index contributed by atoms with van der Waals surface area (Å²) in [6, 6.07) is 0. The lowest BCUT2D eigenvalue weighted by atomic mass is 10.2. The molecule has 0 bridgehead atoms. The Hall–Kier alpha value is -1.82. The van der Waals surface area contributed by atoms with E-state index in [1.54, 1.807) is 24.9 Å². The summed E-state index contributed by atoms with van der Waals surface area (Å²) in [5.41, 5.74) is 2.04. The minimum absolute atomic E-state index is 0.819. The third kappa shape index (κ3) is 4.60. The standard InChI is InChI=1S/C9H12N4S.C6H10O/c1-4-8-10-11-9-13(8)12-7(5-14-9)6(2)3;1-4-6(5-2)7-3/h2,4-5H2,1,3H3;4-5H,1H2,2-3H3/b;6-5+. The fraction of sp³-hybridized carbons (Fsp3) is 0.400. The molecule has 0 aliphatic carbocycles. The number of thioether (sulfide) groups is 1. The maximum Gasteiger partial charge on any atom is 0.212 e. The molecule has 0 spiro atoms. The van der Waals surface area contributed by atoms with E-state index in [1.165, 1.54) is 0 Å². The molecule has 0 fully saturated rings. The monoisotopic (exact) mass is 306 g/mol. The first-order valence-corrected chi connectivity index (χ1v) is 7.69. The highest BCUT2D eigenvalue weighted by Gasteiger charge is 2.17. The summed E-state index contributed by atoms with van der Waals surface area (Å²) in [5, 5.41) is 13.5. The molecule has 0 N–H and O–H groups in total. The van der Waals surface area contributed by atoms with Gasteiger partial charge < -0.3 is 4.74 Å². The van der Waals surface area contributed by atoms with Crippen molar-refractivity contribution in [1.82, 2.24) is 14.9 Å². The fourth-order valence-electron chi connectivity index (χ4n) is 1.52. The second-order valence-corrected chi connectivity index (χ2v) is 5.22. The zero-order valence-electron chi connectivity index (χ0n) is 13.1. The lowest BCUT2D eigenvalue weighted by Gasteiger charge is -2.12. The number of hydrogen-bond acceptors (Lipinski definition) is 5. The van der Waals surface area contributed by atoms with E-state index < -0.39 is 0 Å². The van der Waals surface area contributed by atoms with Crippen LogP contribution in [-0.2, 0) is 11.2 Å². The lowest BCUT2D eigenvalue weighted by molar-refractivity contribution is 0.306. The molecule has 0 amide bonds. The highest BCUT2D eigenvalue weighted by Crippen LogP contribution is 2.23. The van der Waals surface area contributed by atoms with Gasteiger partial charge >= 0.3 is 0 Å². The maximum atomic E-state index is 4.79. The first kappa shape index (κ1) is 17.2. The quantitative estimate of drug-likeness (QED) is 0.631. The van der Waals surface area contributed by atoms with Gasteiger partial charge in [-0.25, -0.2) is 0 Å². The van der Waals surface area contributed by atoms with Crippen LogP contribution in [0.3, 0.4) is 0 Å². The molecule has 5 nitrogen and oxygen atoms in total. The number of ether oxygens (including phenoxy) is 1. The van der Waals surface area contributed by atoms with Gasteiger partial charge in [0, 0.05) is 12.2 Å². The maximum absolute atomic E-state index is 4.79. The van der Waals surface area contributed by atoms with Crippen molar-refractivity contribution in [2.75, 3.05) is 12.9 Å². The molecule has 0 saturated carbocycles. The van der Waals surface area contributed by atoms with E-state index in [1.807, 2.05) is 31.5 Å². The average molecular weight is 306 g/mol. The number of rotatable bonds is 4. The van der Waals surface area contributed by atoms with Crippen molar-refractivity contribution in [2.45, 2.75) is 32.3 Å². The van der Waals surface area contributed by atoms with Crippen molar-refractivity contribution in [3.05, 3.63) is 42.5 Å². The van der Waals surface area contributed by atoms with Crippen molar-refractivity contribution in [1.29, 1.82) is 0 Å². The molecule has 0 atom stereocenters. The predicted molar refractivity (Wildman–Crippen MR) is 88.7 cm³/mol. The third-order valence-electron chi connectivity index (χ3n) is 2.77. The Morgan fingerprint density at radius 3 is 2.62 bits per heavy atom. The summed E-state index contributed by atoms with van der Waals surface area (Å²) in [4.78, 5) is 0. The Balaban J connectivity index is 0.000000270. The van der Waals surface area contributed by atoms with E-state index in [0.29, 0.717) is 0 Å². The number of fused-ring (bicyclic) bond motifs is 1. The minimum Gasteiger partial charge on any atom is -0.497 e. The topological polar surface area (TPSA) is 52.3 Å². The van der Waals surface area contributed by atoms with Gasteiger partial charge in [-0.15, -0.1) is 10.2 Å². The highest BCUT2D eigenvalue weighted by atomic mass is 32.2. The Labute approximate surface area is 130 Å². The molecule has 0 saturated heterocycles. The van der Waals surface area contributed by atoms with Gasteiger partial charge in [-0.2, -0.15) is 9.78 Å². The van der Waals surface area contributed by atoms with Crippen molar-refractivity contribution in [2.24, 2.45) is 5.10 Å². The van der Waals surface area contributed by atoms with Gasteiger partial charge in [-0.3, -0.25) is 0 Å². The first-order chi connectivity index (χ1) is 10.1. The average Bonchev–Trinajstić information content (AvgIpc) is 2.91. The van der Waals surface area contributed by atoms with Crippen LogP contribution in [0.4, 0.5) is 0 Å². The predicted octanol–water partition coefficient (Wildman–Crippen LogP) is 3.45. The van der Waals surface area contributed by atoms with E-state index in [4.69, 9.17) is 4.74 Å². The van der Waals surface area contributed by atoms with Crippen LogP contribution in [0.1, 0.15) is 26.6 Å². The number of aryl methyl sites for hydroxylation is 1. The number of aromatic nitrogens is 3. The van der Waals surface area contributed by atoms with E-state index in [9.17, 15) is 0 Å². The fourth-order valence-corrected chi connectivity index (χ4v) is 2.45. The first-order valence-electron chi connectivity index (χ1n) is 6.70. The normalized spacial score (nSPS) is 13.5. The van der Waals surface area contributed by atoms with E-state index in [0.717, 1.165) is 40.2 Å². The summed E-state index contributed by atoms with van der Waals surface area (Å²) in [7, 11) is 1.62. The lowest BCUT2D eigenvalue weighted by Crippen LogP contribution is -2.13. The van der Waals surface area contributed by atoms with Gasteiger partial charge in [0.25, 0.3) is 0 Å². The minimum atomic E-state index is 0.819. The van der Waals surface area contributed by atoms with Crippen LogP contribution in [0.25, 0.3) is 0 Å². The molecule has 0 aromatic carbocycles. The summed E-state index contributed by atoms with van der Waals surface area (Å²) in [6.07, 6.45) is 4.37. The van der Waals surface area contributed by atoms with Gasteiger partial charge in [0.05, 0.1) is 12.8 Å². The number of methoxy groups -OCH3 is 1. The summed E-state index contributed by atoms with van der Waals surface area (Å²) < 4.78 is 6.61. The Kier molecular flexibility index (Phi) is 6.94. The molecule has 1 aromatic heterocycles. The number of allylic oxidation sites excluding steroid dienone is 3. The van der Waals surface area contributed by atoms with Crippen LogP contribution in [0.15, 0.2) is 46.9 Å². The van der Waals surface area contributed by atoms with Gasteiger partial charge in [-0.1, -0.05) is 31.8 Å². The second-order valence-electron chi connectivity index (χ2n) is 4.28. The molecule has 2 heterocycles. The highest BCUT2D eigenvalue weighted by molar-refractivity contribution is 7.99. The largest absolute Gasteiger partial charge is 0.497 e. The SMILES string of the molecule is C=C(C)C1=Nn2c(CC)nnc2SC1.C=C/C(=C\C)OC. The molecule has 1 aliphatic heterocycles. The summed E-state index contributed by atoms with van der Waals surface area (Å²) in [6.45, 7) is 13.3. The molecule has 2 rings (SSSR count). The summed E-state index contributed by atoms with van der Waals surface area (Å²) in [5.74, 6) is 2.57. The van der Waals surface area contributed by atoms with Crippen molar-refractivity contribution < 1.29 is 4.74 Å². The Bertz CT molecular complexity index is 572. The number of hydrogen-bond donors (Lipinski definition) is 0. The van der Waals surface area contributed by atoms with Gasteiger partial charge in [-0.05, 0) is 31.6 Å². The van der Waals surface area contributed by atoms with Crippen molar-refractivity contribution in [3.8, 4) is 0 Å². The zero-order chi connectivity index (χ0) is 15.8. The molecule has 1 aliphatic rings. The van der Waals surface area contributed by atoms with Crippen LogP contribution in [-0.4, -0.2) is 33.4 Å². The van der Waals surface area contributed by atoms with E-state index in [2.05, 4.69) is 28.5 Å². The Morgan fingerprint density at radius 1 is 1.48 bits per heavy atom. The summed E-state index contributed by atoms with van der Waals surface area (Å²) >= 11 is 1.66. The molecular formula is C15H22N4OS. The molecule has 6 heteroatoms. The molecule has 1 aromatic rings. The van der Waals surface area contributed by atoms with Crippen molar-refractivity contribution >= 4 is 17.5 Å². The smallest absolute Gasteiger partial charge is 0.212 e. The molecule has 0 unspecified atom stereocenters. The van der Waals surface area contributed by atoms with Crippen LogP contribution in [0.2, 0.25) is 0 Å². The molecule has 114 valence electrons. The van der Waals surface area contributed by atoms with Gasteiger partial charge in [0.15, 0.2) is 5.82 Å². The van der Waals surface area contributed by atoms with E-state index >= 15 is 0 Å². The Morgan fingerprint density at radius 2 is 2.19 bits per heavy atom. The van der Waals surface area contributed by atoms with Crippen LogP contribution in [0.5, 0.6) is 0 Å². The van der Waals surface area contributed by atoms with E-state index in [-0.39, 0.29) is 0 Å². The van der Waals surface area contributed by atoms with Gasteiger partial charge in [0.2, 0.25) is 5.16 Å². The molecular weight excluding hydrogens is 284 g/mol. The zero-order valence-corrected chi connectivity index (χ0v) is 13.9. The van der Waals surface area contributed by atoms with Crippen LogP contribution in [0, 0.1) is 0 Å². The third-order valence-corrected chi connectivity index (χ3v) is 3.70. The van der Waals surface area contributed by atoms with Crippen LogP contribution < -0.4 is 0 Å². The van der Waals surface area contributed by atoms with Gasteiger partial charge in [0.1, 0.15) is 5.76 Å². The van der Waals surface area contributed by atoms with Crippen molar-refractivity contribution in [3.63, 3.8) is 0 Å². The van der Waals surface area contributed by atoms with Crippen LogP contribution >= 0.6 is 11.8 Å².